The fourth-order valence-electron chi connectivity index (χ4n) is 2.75. The normalized spacial score (nSPS) is 20.8. The largest absolute Gasteiger partial charge is 0.390 e. The second-order valence-electron chi connectivity index (χ2n) is 5.66. The van der Waals surface area contributed by atoms with E-state index in [0.29, 0.717) is 12.6 Å². The monoisotopic (exact) mass is 278 g/mol. The maximum Gasteiger partial charge on any atom is 0.0820 e. The molecule has 1 saturated heterocycles. The minimum atomic E-state index is -0.477. The summed E-state index contributed by atoms with van der Waals surface area (Å²) in [5.41, 5.74) is 7.30. The van der Waals surface area contributed by atoms with E-state index in [-0.39, 0.29) is 6.04 Å². The fraction of sp³-hybridized carbons (Fsp3) is 0.625. The van der Waals surface area contributed by atoms with Gasteiger partial charge in [0.15, 0.2) is 0 Å². The summed E-state index contributed by atoms with van der Waals surface area (Å²) >= 11 is 0. The Hall–Kier alpha value is -0.940. The molecule has 20 heavy (non-hydrogen) atoms. The van der Waals surface area contributed by atoms with Crippen molar-refractivity contribution < 1.29 is 9.84 Å². The first-order chi connectivity index (χ1) is 9.69. The van der Waals surface area contributed by atoms with Crippen LogP contribution in [-0.2, 0) is 11.2 Å². The van der Waals surface area contributed by atoms with E-state index in [9.17, 15) is 5.11 Å². The lowest BCUT2D eigenvalue weighted by Gasteiger charge is -2.33. The number of benzene rings is 1. The number of methoxy groups -OCH3 is 1. The van der Waals surface area contributed by atoms with E-state index >= 15 is 0 Å². The van der Waals surface area contributed by atoms with Crippen molar-refractivity contribution in [2.75, 3.05) is 26.7 Å². The van der Waals surface area contributed by atoms with Crippen LogP contribution in [0.5, 0.6) is 0 Å². The highest BCUT2D eigenvalue weighted by atomic mass is 16.5. The van der Waals surface area contributed by atoms with Gasteiger partial charge in [-0.2, -0.15) is 0 Å². The maximum atomic E-state index is 10.3. The molecular weight excluding hydrogens is 252 g/mol. The van der Waals surface area contributed by atoms with Crippen LogP contribution < -0.4 is 5.73 Å². The zero-order valence-corrected chi connectivity index (χ0v) is 12.2. The smallest absolute Gasteiger partial charge is 0.0820 e. The van der Waals surface area contributed by atoms with Crippen LogP contribution in [0.3, 0.4) is 0 Å². The Morgan fingerprint density at radius 2 is 1.95 bits per heavy atom. The molecule has 1 fully saturated rings. The zero-order chi connectivity index (χ0) is 14.4. The summed E-state index contributed by atoms with van der Waals surface area (Å²) in [6, 6.07) is 9.89. The van der Waals surface area contributed by atoms with E-state index < -0.39 is 6.10 Å². The SMILES string of the molecule is COC1CCN(CC(O)C(N)Cc2ccccc2)CC1. The Kier molecular flexibility index (Phi) is 5.98. The number of aliphatic hydroxyl groups excluding tert-OH is 1. The third-order valence-corrected chi connectivity index (χ3v) is 4.12. The van der Waals surface area contributed by atoms with Gasteiger partial charge in [0.1, 0.15) is 0 Å². The predicted octanol–water partition coefficient (Wildman–Crippen LogP) is 1.03. The van der Waals surface area contributed by atoms with Crippen LogP contribution in [0.2, 0.25) is 0 Å². The van der Waals surface area contributed by atoms with E-state index in [4.69, 9.17) is 10.5 Å². The van der Waals surface area contributed by atoms with Gasteiger partial charge in [0.2, 0.25) is 0 Å². The quantitative estimate of drug-likeness (QED) is 0.816. The van der Waals surface area contributed by atoms with Crippen molar-refractivity contribution in [2.24, 2.45) is 5.73 Å². The van der Waals surface area contributed by atoms with Crippen LogP contribution >= 0.6 is 0 Å². The molecule has 4 heteroatoms. The molecule has 2 atom stereocenters. The van der Waals surface area contributed by atoms with Crippen LogP contribution in [0, 0.1) is 0 Å². The molecule has 0 aliphatic carbocycles. The Morgan fingerprint density at radius 1 is 1.30 bits per heavy atom. The van der Waals surface area contributed by atoms with Crippen molar-refractivity contribution >= 4 is 0 Å². The number of nitrogens with two attached hydrogens (primary N) is 1. The first kappa shape index (κ1) is 15.4. The van der Waals surface area contributed by atoms with E-state index in [1.54, 1.807) is 7.11 Å². The molecule has 0 spiro atoms. The van der Waals surface area contributed by atoms with Crippen molar-refractivity contribution in [3.8, 4) is 0 Å². The molecule has 2 rings (SSSR count). The lowest BCUT2D eigenvalue weighted by Crippen LogP contribution is -2.47. The van der Waals surface area contributed by atoms with Gasteiger partial charge in [-0.05, 0) is 24.8 Å². The standard InChI is InChI=1S/C16H26N2O2/c1-20-14-7-9-18(10-8-14)12-16(19)15(17)11-13-5-3-2-4-6-13/h2-6,14-16,19H,7-12,17H2,1H3. The number of β-amino-alcohol motifs (C(OH)–C–C–N with tert-alkyl or cyclic N) is 1. The predicted molar refractivity (Wildman–Crippen MR) is 80.6 cm³/mol. The van der Waals surface area contributed by atoms with Crippen molar-refractivity contribution in [3.05, 3.63) is 35.9 Å². The Bertz CT molecular complexity index is 377. The summed E-state index contributed by atoms with van der Waals surface area (Å²) in [5.74, 6) is 0. The van der Waals surface area contributed by atoms with Gasteiger partial charge >= 0.3 is 0 Å². The number of ether oxygens (including phenoxy) is 1. The van der Waals surface area contributed by atoms with Gasteiger partial charge in [-0.25, -0.2) is 0 Å². The van der Waals surface area contributed by atoms with Crippen molar-refractivity contribution in [1.82, 2.24) is 4.90 Å². The first-order valence-electron chi connectivity index (χ1n) is 7.41. The molecule has 1 heterocycles. The van der Waals surface area contributed by atoms with E-state index in [0.717, 1.165) is 32.4 Å². The van der Waals surface area contributed by atoms with Crippen molar-refractivity contribution in [1.29, 1.82) is 0 Å². The number of likely N-dealkylation sites (tertiary alicyclic amines) is 1. The van der Waals surface area contributed by atoms with Gasteiger partial charge in [-0.15, -0.1) is 0 Å². The first-order valence-corrected chi connectivity index (χ1v) is 7.41. The maximum absolute atomic E-state index is 10.3. The van der Waals surface area contributed by atoms with Gasteiger partial charge < -0.3 is 20.5 Å². The summed E-state index contributed by atoms with van der Waals surface area (Å²) in [4.78, 5) is 2.28. The average Bonchev–Trinajstić information content (AvgIpc) is 2.49. The van der Waals surface area contributed by atoms with Gasteiger partial charge in [-0.3, -0.25) is 0 Å². The molecule has 1 aliphatic rings. The topological polar surface area (TPSA) is 58.7 Å². The van der Waals surface area contributed by atoms with Gasteiger partial charge in [0.25, 0.3) is 0 Å². The molecule has 1 aromatic rings. The number of hydrogen-bond donors (Lipinski definition) is 2. The number of nitrogens with zero attached hydrogens (tertiary/aromatic N) is 1. The molecule has 0 saturated carbocycles. The second-order valence-corrected chi connectivity index (χ2v) is 5.66. The van der Waals surface area contributed by atoms with Crippen molar-refractivity contribution in [3.63, 3.8) is 0 Å². The Morgan fingerprint density at radius 3 is 2.55 bits per heavy atom. The second kappa shape index (κ2) is 7.74. The lowest BCUT2D eigenvalue weighted by atomic mass is 10.0. The molecule has 3 N–H and O–H groups in total. The van der Waals surface area contributed by atoms with E-state index in [1.165, 1.54) is 5.56 Å². The molecule has 112 valence electrons. The fourth-order valence-corrected chi connectivity index (χ4v) is 2.75. The molecule has 1 aromatic carbocycles. The third kappa shape index (κ3) is 4.56. The number of piperidine rings is 1. The summed E-state index contributed by atoms with van der Waals surface area (Å²) < 4.78 is 5.36. The molecule has 0 amide bonds. The average molecular weight is 278 g/mol. The molecular formula is C16H26N2O2. The summed E-state index contributed by atoms with van der Waals surface area (Å²) in [6.07, 6.45) is 2.70. The van der Waals surface area contributed by atoms with Crippen molar-refractivity contribution in [2.45, 2.75) is 37.5 Å². The van der Waals surface area contributed by atoms with E-state index in [2.05, 4.69) is 17.0 Å². The highest BCUT2D eigenvalue weighted by Gasteiger charge is 2.23. The van der Waals surface area contributed by atoms with Crippen LogP contribution in [0.4, 0.5) is 0 Å². The number of aliphatic hydroxyl groups is 1. The van der Waals surface area contributed by atoms with Crippen LogP contribution in [-0.4, -0.2) is 55.0 Å². The van der Waals surface area contributed by atoms with Gasteiger partial charge in [-0.1, -0.05) is 30.3 Å². The molecule has 0 aromatic heterocycles. The van der Waals surface area contributed by atoms with E-state index in [1.807, 2.05) is 18.2 Å². The molecule has 0 bridgehead atoms. The minimum Gasteiger partial charge on any atom is -0.390 e. The Balaban J connectivity index is 1.75. The highest BCUT2D eigenvalue weighted by Crippen LogP contribution is 2.14. The molecule has 1 aliphatic heterocycles. The Labute approximate surface area is 121 Å². The van der Waals surface area contributed by atoms with Gasteiger partial charge in [0.05, 0.1) is 12.2 Å². The third-order valence-electron chi connectivity index (χ3n) is 4.12. The molecule has 4 nitrogen and oxygen atoms in total. The van der Waals surface area contributed by atoms with Gasteiger partial charge in [0, 0.05) is 32.8 Å². The van der Waals surface area contributed by atoms with Crippen LogP contribution in [0.25, 0.3) is 0 Å². The summed E-state index contributed by atoms with van der Waals surface area (Å²) in [6.45, 7) is 2.62. The lowest BCUT2D eigenvalue weighted by molar-refractivity contribution is 0.0201. The highest BCUT2D eigenvalue weighted by molar-refractivity contribution is 5.16. The summed E-state index contributed by atoms with van der Waals surface area (Å²) in [7, 11) is 1.77. The van der Waals surface area contributed by atoms with Crippen LogP contribution in [0.15, 0.2) is 30.3 Å². The zero-order valence-electron chi connectivity index (χ0n) is 12.2. The minimum absolute atomic E-state index is 0.211. The van der Waals surface area contributed by atoms with Crippen LogP contribution in [0.1, 0.15) is 18.4 Å². The molecule has 0 radical (unpaired) electrons. The number of rotatable bonds is 6. The summed E-state index contributed by atoms with van der Waals surface area (Å²) in [5, 5.41) is 10.3. The molecule has 2 unspecified atom stereocenters. The number of hydrogen-bond acceptors (Lipinski definition) is 4.